The monoisotopic (exact) mass is 400 g/mol. The Balaban J connectivity index is 0.000000412. The number of aliphatic carboxylic acids is 1. The van der Waals surface area contributed by atoms with Crippen molar-refractivity contribution in [3.05, 3.63) is 18.2 Å². The van der Waals surface area contributed by atoms with Crippen LogP contribution < -0.4 is 0 Å². The molecule has 0 saturated heterocycles. The summed E-state index contributed by atoms with van der Waals surface area (Å²) in [4.78, 5) is 15.1. The molecule has 1 aromatic rings. The summed E-state index contributed by atoms with van der Waals surface area (Å²) in [6, 6.07) is 0.132. The summed E-state index contributed by atoms with van der Waals surface area (Å²) in [7, 11) is 0.843. The van der Waals surface area contributed by atoms with Gasteiger partial charge in [-0.1, -0.05) is 6.92 Å². The Bertz CT molecular complexity index is 703. The SMILES string of the molecule is CCCS(=O)(=O)N1Cc2cncn2C(CN(C)C)C1.O=C(O)C(F)(F)F. The molecule has 1 atom stereocenters. The van der Waals surface area contributed by atoms with E-state index in [0.29, 0.717) is 19.5 Å². The maximum Gasteiger partial charge on any atom is 0.490 e. The van der Waals surface area contributed by atoms with Gasteiger partial charge in [0, 0.05) is 19.3 Å². The lowest BCUT2D eigenvalue weighted by molar-refractivity contribution is -0.192. The van der Waals surface area contributed by atoms with E-state index in [1.54, 1.807) is 16.8 Å². The van der Waals surface area contributed by atoms with Crippen LogP contribution in [0.1, 0.15) is 25.1 Å². The quantitative estimate of drug-likeness (QED) is 0.797. The van der Waals surface area contributed by atoms with Gasteiger partial charge in [-0.3, -0.25) is 0 Å². The van der Waals surface area contributed by atoms with Crippen molar-refractivity contribution in [2.75, 3.05) is 32.9 Å². The van der Waals surface area contributed by atoms with Gasteiger partial charge in [0.15, 0.2) is 0 Å². The minimum Gasteiger partial charge on any atom is -0.475 e. The Morgan fingerprint density at radius 2 is 2.00 bits per heavy atom. The van der Waals surface area contributed by atoms with E-state index in [4.69, 9.17) is 9.90 Å². The van der Waals surface area contributed by atoms with E-state index in [9.17, 15) is 21.6 Å². The summed E-state index contributed by atoms with van der Waals surface area (Å²) < 4.78 is 59.9. The Morgan fingerprint density at radius 3 is 2.46 bits per heavy atom. The number of halogens is 3. The fraction of sp³-hybridized carbons (Fsp3) is 0.714. The molecule has 0 aliphatic carbocycles. The van der Waals surface area contributed by atoms with E-state index in [1.165, 1.54) is 0 Å². The standard InChI is InChI=1S/C12H22N4O2S.C2HF3O2/c1-4-5-19(17,18)15-8-11-6-13-10-16(11)12(9-15)7-14(2)3;3-2(4,5)1(6)7/h6,10,12H,4-5,7-9H2,1-3H3;(H,6,7). The van der Waals surface area contributed by atoms with Gasteiger partial charge in [-0.2, -0.15) is 17.5 Å². The van der Waals surface area contributed by atoms with E-state index < -0.39 is 22.2 Å². The normalized spacial score (nSPS) is 18.2. The van der Waals surface area contributed by atoms with Crippen LogP contribution in [0.5, 0.6) is 0 Å². The first-order valence-electron chi connectivity index (χ1n) is 7.81. The van der Waals surface area contributed by atoms with Crippen LogP contribution in [0.4, 0.5) is 13.2 Å². The van der Waals surface area contributed by atoms with Crippen molar-refractivity contribution in [3.8, 4) is 0 Å². The highest BCUT2D eigenvalue weighted by Crippen LogP contribution is 2.24. The molecule has 0 aromatic carbocycles. The van der Waals surface area contributed by atoms with Crippen molar-refractivity contribution < 1.29 is 31.5 Å². The molecule has 1 aliphatic heterocycles. The van der Waals surface area contributed by atoms with Crippen molar-refractivity contribution in [1.82, 2.24) is 18.8 Å². The lowest BCUT2D eigenvalue weighted by Crippen LogP contribution is -2.44. The summed E-state index contributed by atoms with van der Waals surface area (Å²) in [6.45, 7) is 3.67. The van der Waals surface area contributed by atoms with Gasteiger partial charge >= 0.3 is 12.1 Å². The second-order valence-electron chi connectivity index (χ2n) is 6.12. The second kappa shape index (κ2) is 8.82. The van der Waals surface area contributed by atoms with Crippen LogP contribution in [0.15, 0.2) is 12.5 Å². The highest BCUT2D eigenvalue weighted by molar-refractivity contribution is 7.89. The van der Waals surface area contributed by atoms with Gasteiger partial charge in [-0.25, -0.2) is 18.2 Å². The summed E-state index contributed by atoms with van der Waals surface area (Å²) in [5, 5.41) is 7.12. The number of fused-ring (bicyclic) bond motifs is 1. The number of alkyl halides is 3. The first-order valence-corrected chi connectivity index (χ1v) is 9.42. The lowest BCUT2D eigenvalue weighted by atomic mass is 10.2. The molecule has 0 saturated carbocycles. The number of carbonyl (C=O) groups is 1. The molecule has 150 valence electrons. The molecule has 2 heterocycles. The molecule has 0 spiro atoms. The van der Waals surface area contributed by atoms with Gasteiger partial charge in [-0.05, 0) is 20.5 Å². The van der Waals surface area contributed by atoms with Crippen molar-refractivity contribution in [2.45, 2.75) is 32.1 Å². The molecule has 8 nitrogen and oxygen atoms in total. The summed E-state index contributed by atoms with van der Waals surface area (Å²) in [5.74, 6) is -2.54. The predicted octanol–water partition coefficient (Wildman–Crippen LogP) is 1.17. The topological polar surface area (TPSA) is 95.7 Å². The molecule has 0 radical (unpaired) electrons. The number of sulfonamides is 1. The van der Waals surface area contributed by atoms with Gasteiger partial charge in [0.1, 0.15) is 0 Å². The smallest absolute Gasteiger partial charge is 0.475 e. The third-order valence-electron chi connectivity index (χ3n) is 3.57. The third-order valence-corrected chi connectivity index (χ3v) is 5.56. The van der Waals surface area contributed by atoms with Gasteiger partial charge in [-0.15, -0.1) is 0 Å². The zero-order chi connectivity index (χ0) is 20.1. The van der Waals surface area contributed by atoms with E-state index in [-0.39, 0.29) is 11.8 Å². The largest absolute Gasteiger partial charge is 0.490 e. The Morgan fingerprint density at radius 1 is 1.42 bits per heavy atom. The summed E-state index contributed by atoms with van der Waals surface area (Å²) >= 11 is 0. The first kappa shape index (κ1) is 22.4. The molecular formula is C14H23F3N4O4S. The minimum absolute atomic E-state index is 0.132. The average Bonchev–Trinajstić information content (AvgIpc) is 2.95. The molecule has 1 N–H and O–H groups in total. The Hall–Kier alpha value is -1.66. The minimum atomic E-state index is -5.08. The molecule has 12 heteroatoms. The number of carboxylic acid groups (broad SMARTS) is 1. The zero-order valence-corrected chi connectivity index (χ0v) is 15.6. The predicted molar refractivity (Wildman–Crippen MR) is 88.0 cm³/mol. The number of carboxylic acids is 1. The molecular weight excluding hydrogens is 377 g/mol. The van der Waals surface area contributed by atoms with Gasteiger partial charge in [0.2, 0.25) is 10.0 Å². The first-order chi connectivity index (χ1) is 11.9. The molecule has 0 amide bonds. The van der Waals surface area contributed by atoms with Crippen LogP contribution in [0.25, 0.3) is 0 Å². The van der Waals surface area contributed by atoms with Crippen LogP contribution in [0.2, 0.25) is 0 Å². The van der Waals surface area contributed by atoms with Gasteiger partial charge in [0.05, 0.1) is 30.4 Å². The molecule has 0 fully saturated rings. The van der Waals surface area contributed by atoms with E-state index in [0.717, 1.165) is 12.2 Å². The van der Waals surface area contributed by atoms with Gasteiger partial charge in [0.25, 0.3) is 0 Å². The number of aromatic nitrogens is 2. The van der Waals surface area contributed by atoms with Crippen molar-refractivity contribution >= 4 is 16.0 Å². The maximum absolute atomic E-state index is 12.2. The van der Waals surface area contributed by atoms with E-state index in [2.05, 4.69) is 14.5 Å². The summed E-state index contributed by atoms with van der Waals surface area (Å²) in [6.07, 6.45) is -0.875. The number of hydrogen-bond acceptors (Lipinski definition) is 5. The average molecular weight is 400 g/mol. The fourth-order valence-corrected chi connectivity index (χ4v) is 4.02. The van der Waals surface area contributed by atoms with Crippen LogP contribution in [0.3, 0.4) is 0 Å². The van der Waals surface area contributed by atoms with Crippen LogP contribution in [-0.2, 0) is 21.4 Å². The van der Waals surface area contributed by atoms with Crippen LogP contribution in [-0.4, -0.2) is 77.4 Å². The molecule has 0 bridgehead atoms. The highest BCUT2D eigenvalue weighted by Gasteiger charge is 2.38. The molecule has 1 aromatic heterocycles. The summed E-state index contributed by atoms with van der Waals surface area (Å²) in [5.41, 5.74) is 0.970. The molecule has 26 heavy (non-hydrogen) atoms. The second-order valence-corrected chi connectivity index (χ2v) is 8.21. The van der Waals surface area contributed by atoms with E-state index >= 15 is 0 Å². The lowest BCUT2D eigenvalue weighted by Gasteiger charge is -2.35. The van der Waals surface area contributed by atoms with Crippen LogP contribution in [0, 0.1) is 0 Å². The third kappa shape index (κ3) is 6.25. The number of nitrogens with zero attached hydrogens (tertiary/aromatic N) is 4. The zero-order valence-electron chi connectivity index (χ0n) is 14.8. The Labute approximate surface area is 150 Å². The van der Waals surface area contributed by atoms with E-state index in [1.807, 2.05) is 21.0 Å². The molecule has 1 unspecified atom stereocenters. The van der Waals surface area contributed by atoms with Crippen molar-refractivity contribution in [3.63, 3.8) is 0 Å². The number of hydrogen-bond donors (Lipinski definition) is 1. The van der Waals surface area contributed by atoms with Gasteiger partial charge < -0.3 is 14.6 Å². The highest BCUT2D eigenvalue weighted by atomic mass is 32.2. The van der Waals surface area contributed by atoms with Crippen molar-refractivity contribution in [2.24, 2.45) is 0 Å². The Kier molecular flexibility index (Phi) is 7.59. The number of rotatable bonds is 5. The molecule has 1 aliphatic rings. The number of imidazole rings is 1. The van der Waals surface area contributed by atoms with Crippen LogP contribution >= 0.6 is 0 Å². The van der Waals surface area contributed by atoms with Crippen molar-refractivity contribution in [1.29, 1.82) is 0 Å². The molecule has 2 rings (SSSR count). The number of likely N-dealkylation sites (N-methyl/N-ethyl adjacent to an activating group) is 1. The maximum atomic E-state index is 12.2. The fourth-order valence-electron chi connectivity index (χ4n) is 2.52.